The van der Waals surface area contributed by atoms with Crippen LogP contribution in [-0.4, -0.2) is 23.8 Å². The van der Waals surface area contributed by atoms with Crippen molar-refractivity contribution in [2.45, 2.75) is 16.8 Å². The van der Waals surface area contributed by atoms with Gasteiger partial charge in [-0.2, -0.15) is 4.31 Å². The van der Waals surface area contributed by atoms with Gasteiger partial charge in [-0.05, 0) is 29.8 Å². The van der Waals surface area contributed by atoms with Crippen molar-refractivity contribution in [1.82, 2.24) is 8.87 Å². The predicted octanol–water partition coefficient (Wildman–Crippen LogP) is 4.00. The molecule has 1 aliphatic rings. The quantitative estimate of drug-likeness (QED) is 0.691. The molecule has 24 heavy (non-hydrogen) atoms. The lowest BCUT2D eigenvalue weighted by molar-refractivity contribution is 0.299. The third kappa shape index (κ3) is 2.59. The maximum atomic E-state index is 13.2. The number of benzene rings is 1. The van der Waals surface area contributed by atoms with Crippen LogP contribution in [0.25, 0.3) is 0 Å². The topological polar surface area (TPSA) is 42.3 Å². The van der Waals surface area contributed by atoms with Crippen molar-refractivity contribution >= 4 is 33.0 Å². The van der Waals surface area contributed by atoms with E-state index in [9.17, 15) is 8.42 Å². The summed E-state index contributed by atoms with van der Waals surface area (Å²) >= 11 is 7.05. The van der Waals surface area contributed by atoms with Crippen LogP contribution in [0.4, 0.5) is 0 Å². The second kappa shape index (κ2) is 6.04. The SMILES string of the molecule is O=S(=O)(c1ccc(Cl)s1)N1CCn2cccc2[C@@H]1c1ccccc1. The second-order valence-corrected chi connectivity index (χ2v) is 9.45. The Morgan fingerprint density at radius 3 is 2.50 bits per heavy atom. The monoisotopic (exact) mass is 378 g/mol. The molecule has 0 saturated carbocycles. The summed E-state index contributed by atoms with van der Waals surface area (Å²) in [6.07, 6.45) is 2.00. The number of hydrogen-bond acceptors (Lipinski definition) is 3. The Bertz CT molecular complexity index is 963. The Labute approximate surface area is 150 Å². The normalized spacial score (nSPS) is 18.5. The lowest BCUT2D eigenvalue weighted by atomic mass is 10.0. The minimum atomic E-state index is -3.61. The highest BCUT2D eigenvalue weighted by Gasteiger charge is 2.38. The highest BCUT2D eigenvalue weighted by molar-refractivity contribution is 7.91. The van der Waals surface area contributed by atoms with Crippen LogP contribution in [0.15, 0.2) is 65.0 Å². The van der Waals surface area contributed by atoms with Crippen LogP contribution in [0.5, 0.6) is 0 Å². The van der Waals surface area contributed by atoms with Gasteiger partial charge in [0.2, 0.25) is 0 Å². The van der Waals surface area contributed by atoms with E-state index in [1.807, 2.05) is 48.7 Å². The maximum absolute atomic E-state index is 13.2. The van der Waals surface area contributed by atoms with E-state index in [0.717, 1.165) is 22.6 Å². The number of halogens is 1. The molecule has 3 aromatic rings. The number of aromatic nitrogens is 1. The van der Waals surface area contributed by atoms with Gasteiger partial charge in [0.15, 0.2) is 0 Å². The molecule has 3 heterocycles. The van der Waals surface area contributed by atoms with Gasteiger partial charge in [0, 0.05) is 25.0 Å². The van der Waals surface area contributed by atoms with E-state index in [1.165, 1.54) is 0 Å². The average molecular weight is 379 g/mol. The highest BCUT2D eigenvalue weighted by Crippen LogP contribution is 2.38. The van der Waals surface area contributed by atoms with Gasteiger partial charge in [0.1, 0.15) is 4.21 Å². The molecular formula is C17H15ClN2O2S2. The minimum Gasteiger partial charge on any atom is -0.348 e. The van der Waals surface area contributed by atoms with Crippen molar-refractivity contribution < 1.29 is 8.42 Å². The van der Waals surface area contributed by atoms with E-state index in [1.54, 1.807) is 16.4 Å². The van der Waals surface area contributed by atoms with Gasteiger partial charge >= 0.3 is 0 Å². The fourth-order valence-corrected chi connectivity index (χ4v) is 6.34. The molecule has 0 radical (unpaired) electrons. The van der Waals surface area contributed by atoms with Crippen LogP contribution in [0.1, 0.15) is 17.3 Å². The summed E-state index contributed by atoms with van der Waals surface area (Å²) in [7, 11) is -3.61. The van der Waals surface area contributed by atoms with E-state index < -0.39 is 10.0 Å². The Balaban J connectivity index is 1.85. The van der Waals surface area contributed by atoms with E-state index >= 15 is 0 Å². The largest absolute Gasteiger partial charge is 0.348 e. The van der Waals surface area contributed by atoms with Crippen molar-refractivity contribution in [3.8, 4) is 0 Å². The Morgan fingerprint density at radius 2 is 1.79 bits per heavy atom. The molecule has 0 spiro atoms. The predicted molar refractivity (Wildman–Crippen MR) is 95.9 cm³/mol. The van der Waals surface area contributed by atoms with Crippen molar-refractivity contribution in [3.05, 3.63) is 76.4 Å². The van der Waals surface area contributed by atoms with Gasteiger partial charge in [0.05, 0.1) is 10.4 Å². The van der Waals surface area contributed by atoms with Crippen molar-refractivity contribution in [1.29, 1.82) is 0 Å². The van der Waals surface area contributed by atoms with Gasteiger partial charge in [0.25, 0.3) is 10.0 Å². The van der Waals surface area contributed by atoms with Crippen molar-refractivity contribution in [3.63, 3.8) is 0 Å². The Hall–Kier alpha value is -1.60. The number of hydrogen-bond donors (Lipinski definition) is 0. The summed E-state index contributed by atoms with van der Waals surface area (Å²) in [6, 6.07) is 16.6. The third-order valence-corrected chi connectivity index (χ3v) is 7.78. The second-order valence-electron chi connectivity index (χ2n) is 5.61. The summed E-state index contributed by atoms with van der Waals surface area (Å²) in [5, 5.41) is 0. The Morgan fingerprint density at radius 1 is 1.00 bits per heavy atom. The molecule has 1 aliphatic heterocycles. The molecule has 1 aromatic carbocycles. The van der Waals surface area contributed by atoms with Crippen molar-refractivity contribution in [2.75, 3.05) is 6.54 Å². The van der Waals surface area contributed by atoms with Gasteiger partial charge in [-0.15, -0.1) is 11.3 Å². The molecule has 7 heteroatoms. The number of thiophene rings is 1. The molecule has 0 amide bonds. The lowest BCUT2D eigenvalue weighted by Crippen LogP contribution is -2.42. The van der Waals surface area contributed by atoms with Crippen LogP contribution in [0.2, 0.25) is 4.34 Å². The summed E-state index contributed by atoms with van der Waals surface area (Å²) in [6.45, 7) is 1.07. The third-order valence-electron chi connectivity index (χ3n) is 4.22. The molecular weight excluding hydrogens is 364 g/mol. The molecule has 0 unspecified atom stereocenters. The van der Waals surface area contributed by atoms with E-state index in [-0.39, 0.29) is 10.3 Å². The molecule has 0 aliphatic carbocycles. The zero-order valence-electron chi connectivity index (χ0n) is 12.7. The first-order chi connectivity index (χ1) is 11.6. The first-order valence-corrected chi connectivity index (χ1v) is 10.2. The number of fused-ring (bicyclic) bond motifs is 1. The number of sulfonamides is 1. The van der Waals surface area contributed by atoms with Crippen LogP contribution in [0.3, 0.4) is 0 Å². The highest BCUT2D eigenvalue weighted by atomic mass is 35.5. The Kier molecular flexibility index (Phi) is 4.00. The number of nitrogens with zero attached hydrogens (tertiary/aromatic N) is 2. The van der Waals surface area contributed by atoms with Gasteiger partial charge < -0.3 is 4.57 Å². The van der Waals surface area contributed by atoms with Crippen LogP contribution >= 0.6 is 22.9 Å². The van der Waals surface area contributed by atoms with Crippen molar-refractivity contribution in [2.24, 2.45) is 0 Å². The van der Waals surface area contributed by atoms with Gasteiger partial charge in [-0.1, -0.05) is 41.9 Å². The summed E-state index contributed by atoms with van der Waals surface area (Å²) in [5.41, 5.74) is 1.95. The van der Waals surface area contributed by atoms with Crippen LogP contribution < -0.4 is 0 Å². The molecule has 4 rings (SSSR count). The first-order valence-electron chi connectivity index (χ1n) is 7.54. The zero-order valence-corrected chi connectivity index (χ0v) is 15.1. The fourth-order valence-electron chi connectivity index (χ4n) is 3.15. The first kappa shape index (κ1) is 15.9. The summed E-state index contributed by atoms with van der Waals surface area (Å²) in [5.74, 6) is 0. The summed E-state index contributed by atoms with van der Waals surface area (Å²) < 4.78 is 30.8. The number of rotatable bonds is 3. The smallest absolute Gasteiger partial charge is 0.253 e. The molecule has 0 N–H and O–H groups in total. The average Bonchev–Trinajstić information content (AvgIpc) is 3.23. The standard InChI is InChI=1S/C17H15ClN2O2S2/c18-15-8-9-16(23-15)24(21,22)20-12-11-19-10-4-7-14(19)17(20)13-5-2-1-3-6-13/h1-10,17H,11-12H2/t17-/m0/s1. The molecule has 4 nitrogen and oxygen atoms in total. The maximum Gasteiger partial charge on any atom is 0.253 e. The molecule has 0 fully saturated rings. The van der Waals surface area contributed by atoms with Crippen LogP contribution in [0, 0.1) is 0 Å². The molecule has 1 atom stereocenters. The van der Waals surface area contributed by atoms with E-state index in [2.05, 4.69) is 4.57 Å². The van der Waals surface area contributed by atoms with Gasteiger partial charge in [-0.3, -0.25) is 0 Å². The molecule has 0 saturated heterocycles. The summed E-state index contributed by atoms with van der Waals surface area (Å²) in [4.78, 5) is 0. The van der Waals surface area contributed by atoms with Gasteiger partial charge in [-0.25, -0.2) is 8.42 Å². The molecule has 2 aromatic heterocycles. The molecule has 124 valence electrons. The lowest BCUT2D eigenvalue weighted by Gasteiger charge is -2.36. The van der Waals surface area contributed by atoms with E-state index in [0.29, 0.717) is 17.4 Å². The fraction of sp³-hybridized carbons (Fsp3) is 0.176. The minimum absolute atomic E-state index is 0.286. The zero-order chi connectivity index (χ0) is 16.7. The molecule has 0 bridgehead atoms. The van der Waals surface area contributed by atoms with Crippen LogP contribution in [-0.2, 0) is 16.6 Å². The van der Waals surface area contributed by atoms with E-state index in [4.69, 9.17) is 11.6 Å².